The number of amides is 1. The highest BCUT2D eigenvalue weighted by Gasteiger charge is 2.01. The first-order valence-corrected chi connectivity index (χ1v) is 6.35. The van der Waals surface area contributed by atoms with Crippen molar-refractivity contribution in [2.75, 3.05) is 31.6 Å². The van der Waals surface area contributed by atoms with Gasteiger partial charge in [-0.05, 0) is 30.8 Å². The third-order valence-electron chi connectivity index (χ3n) is 2.03. The molecule has 17 heavy (non-hydrogen) atoms. The van der Waals surface area contributed by atoms with Crippen molar-refractivity contribution in [1.29, 1.82) is 0 Å². The topological polar surface area (TPSA) is 50.4 Å². The molecule has 0 radical (unpaired) electrons. The van der Waals surface area contributed by atoms with Crippen LogP contribution in [0.15, 0.2) is 28.7 Å². The van der Waals surface area contributed by atoms with Crippen LogP contribution < -0.4 is 10.6 Å². The molecule has 0 saturated heterocycles. The maximum Gasteiger partial charge on any atom is 0.250 e. The maximum absolute atomic E-state index is 11.5. The number of rotatable bonds is 7. The second-order valence-electron chi connectivity index (χ2n) is 3.46. The largest absolute Gasteiger partial charge is 0.370 e. The Morgan fingerprint density at radius 3 is 2.71 bits per heavy atom. The minimum absolute atomic E-state index is 0.0848. The molecule has 4 nitrogen and oxygen atoms in total. The lowest BCUT2D eigenvalue weighted by atomic mass is 10.3. The highest BCUT2D eigenvalue weighted by atomic mass is 79.9. The summed E-state index contributed by atoms with van der Waals surface area (Å²) in [6.07, 6.45) is 0. The molecular formula is C12H17BrN2O2. The van der Waals surface area contributed by atoms with Crippen LogP contribution in [0.5, 0.6) is 0 Å². The number of hydrogen-bond acceptors (Lipinski definition) is 3. The van der Waals surface area contributed by atoms with E-state index in [0.717, 1.165) is 23.2 Å². The van der Waals surface area contributed by atoms with Crippen LogP contribution in [0.4, 0.5) is 5.69 Å². The first kappa shape index (κ1) is 14.2. The van der Waals surface area contributed by atoms with Gasteiger partial charge >= 0.3 is 0 Å². The Morgan fingerprint density at radius 2 is 2.06 bits per heavy atom. The van der Waals surface area contributed by atoms with Gasteiger partial charge in [-0.3, -0.25) is 4.79 Å². The van der Waals surface area contributed by atoms with E-state index in [-0.39, 0.29) is 12.5 Å². The summed E-state index contributed by atoms with van der Waals surface area (Å²) in [5, 5.41) is 5.87. The molecule has 0 unspecified atom stereocenters. The van der Waals surface area contributed by atoms with Gasteiger partial charge in [-0.2, -0.15) is 0 Å². The van der Waals surface area contributed by atoms with Crippen molar-refractivity contribution in [2.45, 2.75) is 6.92 Å². The Balaban J connectivity index is 2.18. The van der Waals surface area contributed by atoms with E-state index in [2.05, 4.69) is 26.6 Å². The molecule has 2 N–H and O–H groups in total. The molecule has 0 spiro atoms. The molecule has 5 heteroatoms. The molecule has 0 saturated carbocycles. The molecule has 94 valence electrons. The Morgan fingerprint density at radius 1 is 1.35 bits per heavy atom. The molecular weight excluding hydrogens is 284 g/mol. The zero-order chi connectivity index (χ0) is 12.5. The lowest BCUT2D eigenvalue weighted by Crippen LogP contribution is -2.23. The predicted molar refractivity (Wildman–Crippen MR) is 72.1 cm³/mol. The van der Waals surface area contributed by atoms with Crippen LogP contribution in [0, 0.1) is 0 Å². The number of likely N-dealkylation sites (N-methyl/N-ethyl adjacent to an activating group) is 1. The highest BCUT2D eigenvalue weighted by molar-refractivity contribution is 9.10. The SMILES string of the molecule is CCNCCOCC(=O)Nc1ccc(Br)cc1. The summed E-state index contributed by atoms with van der Waals surface area (Å²) in [5.74, 6) is -0.135. The zero-order valence-electron chi connectivity index (χ0n) is 9.83. The number of ether oxygens (including phenoxy) is 1. The van der Waals surface area contributed by atoms with E-state index in [0.29, 0.717) is 6.61 Å². The quantitative estimate of drug-likeness (QED) is 0.758. The third-order valence-corrected chi connectivity index (χ3v) is 2.56. The summed E-state index contributed by atoms with van der Waals surface area (Å²) in [5.41, 5.74) is 0.772. The van der Waals surface area contributed by atoms with E-state index in [4.69, 9.17) is 4.74 Å². The van der Waals surface area contributed by atoms with Crippen molar-refractivity contribution >= 4 is 27.5 Å². The van der Waals surface area contributed by atoms with Gasteiger partial charge in [-0.15, -0.1) is 0 Å². The molecule has 0 aromatic heterocycles. The second-order valence-corrected chi connectivity index (χ2v) is 4.38. The highest BCUT2D eigenvalue weighted by Crippen LogP contribution is 2.13. The molecule has 1 aromatic carbocycles. The molecule has 1 rings (SSSR count). The Kier molecular flexibility index (Phi) is 6.84. The molecule has 0 atom stereocenters. The summed E-state index contributed by atoms with van der Waals surface area (Å²) in [6, 6.07) is 7.42. The van der Waals surface area contributed by atoms with Crippen molar-refractivity contribution in [3.63, 3.8) is 0 Å². The van der Waals surface area contributed by atoms with E-state index < -0.39 is 0 Å². The van der Waals surface area contributed by atoms with Gasteiger partial charge in [0.15, 0.2) is 0 Å². The monoisotopic (exact) mass is 300 g/mol. The fourth-order valence-corrected chi connectivity index (χ4v) is 1.48. The molecule has 0 aliphatic carbocycles. The summed E-state index contributed by atoms with van der Waals surface area (Å²) >= 11 is 3.33. The molecule has 0 bridgehead atoms. The minimum Gasteiger partial charge on any atom is -0.370 e. The average Bonchev–Trinajstić information content (AvgIpc) is 2.32. The van der Waals surface area contributed by atoms with E-state index in [1.165, 1.54) is 0 Å². The predicted octanol–water partition coefficient (Wildman–Crippen LogP) is 2.01. The zero-order valence-corrected chi connectivity index (χ0v) is 11.4. The normalized spacial score (nSPS) is 10.2. The average molecular weight is 301 g/mol. The van der Waals surface area contributed by atoms with Crippen molar-refractivity contribution < 1.29 is 9.53 Å². The Bertz CT molecular complexity index is 341. The van der Waals surface area contributed by atoms with Crippen molar-refractivity contribution in [2.24, 2.45) is 0 Å². The lowest BCUT2D eigenvalue weighted by Gasteiger charge is -2.06. The number of hydrogen-bond donors (Lipinski definition) is 2. The minimum atomic E-state index is -0.135. The number of halogens is 1. The molecule has 0 heterocycles. The Hall–Kier alpha value is -0.910. The number of carbonyl (C=O) groups is 1. The van der Waals surface area contributed by atoms with Crippen molar-refractivity contribution in [3.8, 4) is 0 Å². The molecule has 0 aliphatic heterocycles. The smallest absolute Gasteiger partial charge is 0.250 e. The van der Waals surface area contributed by atoms with Crippen LogP contribution in [0.25, 0.3) is 0 Å². The van der Waals surface area contributed by atoms with Gasteiger partial charge in [-0.1, -0.05) is 22.9 Å². The van der Waals surface area contributed by atoms with Gasteiger partial charge in [0.25, 0.3) is 0 Å². The van der Waals surface area contributed by atoms with Gasteiger partial charge in [0, 0.05) is 16.7 Å². The van der Waals surface area contributed by atoms with Gasteiger partial charge < -0.3 is 15.4 Å². The Labute approximate surface area is 110 Å². The van der Waals surface area contributed by atoms with Gasteiger partial charge in [0.1, 0.15) is 6.61 Å². The summed E-state index contributed by atoms with van der Waals surface area (Å²) in [7, 11) is 0. The van der Waals surface area contributed by atoms with Gasteiger partial charge in [-0.25, -0.2) is 0 Å². The maximum atomic E-state index is 11.5. The summed E-state index contributed by atoms with van der Waals surface area (Å²) in [4.78, 5) is 11.5. The molecule has 0 aliphatic rings. The summed E-state index contributed by atoms with van der Waals surface area (Å²) < 4.78 is 6.19. The summed E-state index contributed by atoms with van der Waals surface area (Å²) in [6.45, 7) is 4.33. The number of benzene rings is 1. The fourth-order valence-electron chi connectivity index (χ4n) is 1.22. The van der Waals surface area contributed by atoms with Crippen molar-refractivity contribution in [1.82, 2.24) is 5.32 Å². The van der Waals surface area contributed by atoms with Crippen LogP contribution in [0.3, 0.4) is 0 Å². The van der Waals surface area contributed by atoms with E-state index >= 15 is 0 Å². The lowest BCUT2D eigenvalue weighted by molar-refractivity contribution is -0.120. The number of nitrogens with one attached hydrogen (secondary N) is 2. The fraction of sp³-hybridized carbons (Fsp3) is 0.417. The standard InChI is InChI=1S/C12H17BrN2O2/c1-2-14-7-8-17-9-12(16)15-11-5-3-10(13)4-6-11/h3-6,14H,2,7-9H2,1H3,(H,15,16). The van der Waals surface area contributed by atoms with Crippen LogP contribution >= 0.6 is 15.9 Å². The second kappa shape index (κ2) is 8.22. The molecule has 1 aromatic rings. The van der Waals surface area contributed by atoms with E-state index in [9.17, 15) is 4.79 Å². The van der Waals surface area contributed by atoms with Crippen molar-refractivity contribution in [3.05, 3.63) is 28.7 Å². The van der Waals surface area contributed by atoms with Crippen LogP contribution in [0.1, 0.15) is 6.92 Å². The van der Waals surface area contributed by atoms with Gasteiger partial charge in [0.05, 0.1) is 6.61 Å². The number of anilines is 1. The van der Waals surface area contributed by atoms with Gasteiger partial charge in [0.2, 0.25) is 5.91 Å². The van der Waals surface area contributed by atoms with Crippen LogP contribution in [-0.4, -0.2) is 32.2 Å². The number of carbonyl (C=O) groups excluding carboxylic acids is 1. The van der Waals surface area contributed by atoms with E-state index in [1.807, 2.05) is 31.2 Å². The molecule has 0 fully saturated rings. The first-order chi connectivity index (χ1) is 8.22. The van der Waals surface area contributed by atoms with Crippen LogP contribution in [0.2, 0.25) is 0 Å². The van der Waals surface area contributed by atoms with E-state index in [1.54, 1.807) is 0 Å². The first-order valence-electron chi connectivity index (χ1n) is 5.56. The third kappa shape index (κ3) is 6.41. The van der Waals surface area contributed by atoms with Crippen LogP contribution in [-0.2, 0) is 9.53 Å². The molecule has 1 amide bonds.